The number of anilines is 3. The summed E-state index contributed by atoms with van der Waals surface area (Å²) >= 11 is 0. The summed E-state index contributed by atoms with van der Waals surface area (Å²) < 4.78 is 5.62. The summed E-state index contributed by atoms with van der Waals surface area (Å²) in [6.45, 7) is 10.7. The zero-order chi connectivity index (χ0) is 27.8. The Hall–Kier alpha value is -4.53. The third-order valence-corrected chi connectivity index (χ3v) is 6.49. The van der Waals surface area contributed by atoms with E-state index in [9.17, 15) is 9.59 Å². The molecule has 0 saturated heterocycles. The first-order valence-corrected chi connectivity index (χ1v) is 12.8. The zero-order valence-corrected chi connectivity index (χ0v) is 22.8. The van der Waals surface area contributed by atoms with Gasteiger partial charge in [0.2, 0.25) is 0 Å². The molecule has 200 valence electrons. The highest BCUT2D eigenvalue weighted by Crippen LogP contribution is 2.35. The van der Waals surface area contributed by atoms with Gasteiger partial charge in [-0.1, -0.05) is 19.9 Å². The van der Waals surface area contributed by atoms with Gasteiger partial charge in [-0.05, 0) is 68.3 Å². The fourth-order valence-electron chi connectivity index (χ4n) is 4.81. The number of rotatable bonds is 4. The molecule has 5 rings (SSSR count). The molecule has 0 unspecified atom stereocenters. The molecule has 1 aliphatic rings. The highest BCUT2D eigenvalue weighted by atomic mass is 16.6. The van der Waals surface area contributed by atoms with Crippen LogP contribution in [-0.2, 0) is 16.7 Å². The van der Waals surface area contributed by atoms with Gasteiger partial charge in [0, 0.05) is 48.2 Å². The van der Waals surface area contributed by atoms with Crippen molar-refractivity contribution in [3.63, 3.8) is 0 Å². The van der Waals surface area contributed by atoms with Crippen molar-refractivity contribution in [2.75, 3.05) is 17.2 Å². The minimum absolute atomic E-state index is 0.267. The fraction of sp³-hybridized carbons (Fsp3) is 0.300. The normalized spacial score (nSPS) is 14.4. The van der Waals surface area contributed by atoms with E-state index in [-0.39, 0.29) is 17.4 Å². The maximum Gasteiger partial charge on any atom is 0.410 e. The molecule has 0 fully saturated rings. The minimum atomic E-state index is -0.577. The van der Waals surface area contributed by atoms with Gasteiger partial charge in [0.25, 0.3) is 5.91 Å². The fourth-order valence-corrected chi connectivity index (χ4v) is 4.81. The number of hydrogen-bond acceptors (Lipinski definition) is 7. The van der Waals surface area contributed by atoms with Gasteiger partial charge in [-0.2, -0.15) is 0 Å². The molecular weight excluding hydrogens is 492 g/mol. The number of benzene rings is 1. The van der Waals surface area contributed by atoms with Crippen molar-refractivity contribution in [3.8, 4) is 0 Å². The molecule has 1 aromatic carbocycles. The Morgan fingerprint density at radius 3 is 2.62 bits per heavy atom. The Morgan fingerprint density at radius 2 is 1.82 bits per heavy atom. The summed E-state index contributed by atoms with van der Waals surface area (Å²) in [4.78, 5) is 40.9. The quantitative estimate of drug-likeness (QED) is 0.334. The van der Waals surface area contributed by atoms with Crippen LogP contribution in [0.5, 0.6) is 0 Å². The summed E-state index contributed by atoms with van der Waals surface area (Å²) in [6.07, 6.45) is 6.41. The van der Waals surface area contributed by atoms with Gasteiger partial charge >= 0.3 is 6.09 Å². The van der Waals surface area contributed by atoms with Gasteiger partial charge in [0.05, 0.1) is 23.0 Å². The Bertz CT molecular complexity index is 1560. The molecule has 1 aliphatic heterocycles. The van der Waals surface area contributed by atoms with Gasteiger partial charge < -0.3 is 20.3 Å². The number of carbonyl (C=O) groups is 2. The van der Waals surface area contributed by atoms with E-state index in [0.29, 0.717) is 35.8 Å². The van der Waals surface area contributed by atoms with Crippen LogP contribution >= 0.6 is 0 Å². The summed E-state index contributed by atoms with van der Waals surface area (Å²) in [5.41, 5.74) is 3.81. The van der Waals surface area contributed by atoms with Crippen molar-refractivity contribution < 1.29 is 14.3 Å². The predicted octanol–water partition coefficient (Wildman–Crippen LogP) is 6.05. The van der Waals surface area contributed by atoms with Crippen LogP contribution in [0.3, 0.4) is 0 Å². The monoisotopic (exact) mass is 524 g/mol. The van der Waals surface area contributed by atoms with Gasteiger partial charge in [0.15, 0.2) is 0 Å². The Morgan fingerprint density at radius 1 is 1.00 bits per heavy atom. The standard InChI is InChI=1S/C30H32N6O3/c1-29(2,3)39-28(38)36-17-20-14-21(8-9-24(20)30(4,5)18-36)35-27(37)23-7-6-11-32-26(23)34-22-13-19-15-31-12-10-25(19)33-16-22/h6-16H,17-18H2,1-5H3,(H,32,34)(H,35,37). The van der Waals surface area contributed by atoms with Crippen LogP contribution in [0.2, 0.25) is 0 Å². The van der Waals surface area contributed by atoms with Gasteiger partial charge in [-0.15, -0.1) is 0 Å². The number of nitrogens with zero attached hydrogens (tertiary/aromatic N) is 4. The zero-order valence-electron chi connectivity index (χ0n) is 22.8. The highest BCUT2D eigenvalue weighted by Gasteiger charge is 2.35. The lowest BCUT2D eigenvalue weighted by Crippen LogP contribution is -2.46. The smallest absolute Gasteiger partial charge is 0.410 e. The number of amides is 2. The van der Waals surface area contributed by atoms with E-state index < -0.39 is 5.60 Å². The summed E-state index contributed by atoms with van der Waals surface area (Å²) in [5, 5.41) is 7.08. The molecule has 0 aliphatic carbocycles. The Kier molecular flexibility index (Phi) is 6.68. The van der Waals surface area contributed by atoms with Crippen molar-refractivity contribution >= 4 is 40.1 Å². The SMILES string of the molecule is CC(C)(C)OC(=O)N1Cc2cc(NC(=O)c3cccnc3Nc3cnc4ccncc4c3)ccc2C(C)(C)C1. The molecular formula is C30H32N6O3. The molecule has 2 N–H and O–H groups in total. The van der Waals surface area contributed by atoms with Crippen LogP contribution in [-0.4, -0.2) is 44.0 Å². The first-order chi connectivity index (χ1) is 18.5. The van der Waals surface area contributed by atoms with Crippen LogP contribution in [0.15, 0.2) is 67.3 Å². The van der Waals surface area contributed by atoms with Crippen LogP contribution in [0, 0.1) is 0 Å². The van der Waals surface area contributed by atoms with Gasteiger partial charge in [-0.25, -0.2) is 9.78 Å². The minimum Gasteiger partial charge on any atom is -0.444 e. The molecule has 0 radical (unpaired) electrons. The van der Waals surface area contributed by atoms with E-state index in [2.05, 4.69) is 39.4 Å². The maximum atomic E-state index is 13.4. The first kappa shape index (κ1) is 26.1. The molecule has 0 spiro atoms. The van der Waals surface area contributed by atoms with Crippen LogP contribution < -0.4 is 10.6 Å². The predicted molar refractivity (Wildman–Crippen MR) is 151 cm³/mol. The van der Waals surface area contributed by atoms with E-state index in [1.165, 1.54) is 0 Å². The summed E-state index contributed by atoms with van der Waals surface area (Å²) in [6, 6.07) is 13.0. The van der Waals surface area contributed by atoms with Crippen LogP contribution in [0.4, 0.5) is 22.0 Å². The lowest BCUT2D eigenvalue weighted by Gasteiger charge is -2.40. The number of carbonyl (C=O) groups excluding carboxylic acids is 2. The number of hydrogen-bond donors (Lipinski definition) is 2. The second kappa shape index (κ2) is 9.98. The molecule has 0 saturated carbocycles. The molecule has 4 heterocycles. The molecule has 9 nitrogen and oxygen atoms in total. The van der Waals surface area contributed by atoms with E-state index in [1.807, 2.05) is 51.1 Å². The van der Waals surface area contributed by atoms with Crippen molar-refractivity contribution in [2.45, 2.75) is 52.2 Å². The van der Waals surface area contributed by atoms with E-state index in [1.54, 1.807) is 41.8 Å². The maximum absolute atomic E-state index is 13.4. The average Bonchev–Trinajstić information content (AvgIpc) is 2.87. The number of aromatic nitrogens is 3. The molecule has 2 amide bonds. The lowest BCUT2D eigenvalue weighted by atomic mass is 9.78. The topological polar surface area (TPSA) is 109 Å². The third-order valence-electron chi connectivity index (χ3n) is 6.49. The molecule has 0 atom stereocenters. The van der Waals surface area contributed by atoms with Crippen molar-refractivity contribution in [2.24, 2.45) is 0 Å². The number of fused-ring (bicyclic) bond motifs is 2. The molecule has 9 heteroatoms. The summed E-state index contributed by atoms with van der Waals surface area (Å²) in [5.74, 6) is 0.107. The highest BCUT2D eigenvalue weighted by molar-refractivity contribution is 6.08. The Labute approximate surface area is 227 Å². The number of nitrogens with one attached hydrogen (secondary N) is 2. The number of ether oxygens (including phenoxy) is 1. The van der Waals surface area contributed by atoms with Gasteiger partial charge in [0.1, 0.15) is 11.4 Å². The third kappa shape index (κ3) is 5.82. The van der Waals surface area contributed by atoms with E-state index in [0.717, 1.165) is 22.0 Å². The van der Waals surface area contributed by atoms with Crippen LogP contribution in [0.25, 0.3) is 10.9 Å². The van der Waals surface area contributed by atoms with E-state index in [4.69, 9.17) is 4.74 Å². The first-order valence-electron chi connectivity index (χ1n) is 12.8. The van der Waals surface area contributed by atoms with E-state index >= 15 is 0 Å². The van der Waals surface area contributed by atoms with Crippen molar-refractivity contribution in [1.29, 1.82) is 0 Å². The second-order valence-electron chi connectivity index (χ2n) is 11.4. The van der Waals surface area contributed by atoms with Crippen LogP contribution in [0.1, 0.15) is 56.1 Å². The Balaban J connectivity index is 1.36. The largest absolute Gasteiger partial charge is 0.444 e. The van der Waals surface area contributed by atoms with Gasteiger partial charge in [-0.3, -0.25) is 14.8 Å². The molecule has 0 bridgehead atoms. The molecule has 39 heavy (non-hydrogen) atoms. The average molecular weight is 525 g/mol. The second-order valence-corrected chi connectivity index (χ2v) is 11.4. The molecule has 3 aromatic heterocycles. The molecule has 4 aromatic rings. The summed E-state index contributed by atoms with van der Waals surface area (Å²) in [7, 11) is 0. The van der Waals surface area contributed by atoms with Crippen molar-refractivity contribution in [1.82, 2.24) is 19.9 Å². The van der Waals surface area contributed by atoms with Crippen molar-refractivity contribution in [3.05, 3.63) is 83.9 Å². The lowest BCUT2D eigenvalue weighted by molar-refractivity contribution is 0.0174. The number of pyridine rings is 3.